The molecule has 4 atom stereocenters. The lowest BCUT2D eigenvalue weighted by molar-refractivity contribution is -0.839. The molecule has 6 aliphatic heterocycles. The number of carboxylic acids is 1. The van der Waals surface area contributed by atoms with Gasteiger partial charge in [-0.15, -0.1) is 0 Å². The molecule has 0 saturated carbocycles. The van der Waals surface area contributed by atoms with Gasteiger partial charge >= 0.3 is 17.8 Å². The molecule has 0 aromatic carbocycles. The van der Waals surface area contributed by atoms with Crippen molar-refractivity contribution in [2.75, 3.05) is 7.11 Å². The van der Waals surface area contributed by atoms with Crippen LogP contribution in [0.3, 0.4) is 0 Å². The van der Waals surface area contributed by atoms with Crippen molar-refractivity contribution in [2.45, 2.75) is 59.8 Å². The van der Waals surface area contributed by atoms with E-state index < -0.39 is 23.8 Å². The van der Waals surface area contributed by atoms with Crippen LogP contribution >= 0.6 is 0 Å². The summed E-state index contributed by atoms with van der Waals surface area (Å²) < 4.78 is 14.3. The second-order valence-electron chi connectivity index (χ2n) is 13.1. The monoisotopic (exact) mass is 604 g/mol. The topological polar surface area (TPSA) is 114 Å². The molecule has 7 aliphatic rings. The number of methoxy groups -OCH3 is 1. The third kappa shape index (κ3) is 2.53. The fraction of sp³-hybridized carbons (Fsp3) is 0.371. The van der Waals surface area contributed by atoms with Gasteiger partial charge < -0.3 is 9.84 Å². The van der Waals surface area contributed by atoms with Crippen molar-refractivity contribution in [3.63, 3.8) is 0 Å². The highest BCUT2D eigenvalue weighted by molar-refractivity contribution is 6.31. The van der Waals surface area contributed by atoms with Gasteiger partial charge in [-0.05, 0) is 56.4 Å². The molecule has 2 aromatic rings. The lowest BCUT2D eigenvalue weighted by Crippen LogP contribution is -2.70. The summed E-state index contributed by atoms with van der Waals surface area (Å²) in [5, 5.41) is 11.8. The first kappa shape index (κ1) is 26.5. The number of aliphatic carboxylic acids is 1. The van der Waals surface area contributed by atoms with Crippen LogP contribution in [0.1, 0.15) is 72.0 Å². The summed E-state index contributed by atoms with van der Waals surface area (Å²) in [6.45, 7) is 10.3. The van der Waals surface area contributed by atoms with Gasteiger partial charge in [0.25, 0.3) is 0 Å². The summed E-state index contributed by atoms with van der Waals surface area (Å²) in [5.41, 5.74) is 10.8. The standard InChI is InChI=1S/C35H31N4O6/c1-7-18-14(2)22-11-26-20(13-40)16(4)21-10-23-15(3)19(8-9-27(41)42)31-29-30(34(44)45-6)33(43)28-17(5)24-12-25(18)36(22)35(37(21)26,38(23)31)39(24)32(28)29/h10-13,15,19,30H,7-9H2,1-6H3/q+1/p+1/t15-,19-,30?,35+/m0/s1. The van der Waals surface area contributed by atoms with E-state index in [1.165, 1.54) is 12.7 Å². The minimum absolute atomic E-state index is 0.0541. The first-order chi connectivity index (χ1) is 21.6. The Bertz CT molecular complexity index is 2280. The quantitative estimate of drug-likeness (QED) is 0.233. The maximum Gasteiger partial charge on any atom is 0.553 e. The molecule has 10 nitrogen and oxygen atoms in total. The molecule has 1 aliphatic carbocycles. The molecule has 0 fully saturated rings. The van der Waals surface area contributed by atoms with Crippen molar-refractivity contribution in [3.05, 3.63) is 72.5 Å². The van der Waals surface area contributed by atoms with E-state index in [-0.39, 0.29) is 24.0 Å². The molecule has 1 unspecified atom stereocenters. The molecule has 45 heavy (non-hydrogen) atoms. The van der Waals surface area contributed by atoms with Gasteiger partial charge in [-0.25, -0.2) is 0 Å². The molecule has 0 amide bonds. The van der Waals surface area contributed by atoms with Gasteiger partial charge in [-0.3, -0.25) is 19.2 Å². The van der Waals surface area contributed by atoms with Crippen LogP contribution in [0.2, 0.25) is 0 Å². The van der Waals surface area contributed by atoms with Crippen molar-refractivity contribution >= 4 is 53.7 Å². The zero-order chi connectivity index (χ0) is 31.6. The van der Waals surface area contributed by atoms with Crippen molar-refractivity contribution < 1.29 is 38.2 Å². The average molecular weight is 605 g/mol. The molecule has 8 heterocycles. The molecule has 226 valence electrons. The van der Waals surface area contributed by atoms with Gasteiger partial charge in [0.15, 0.2) is 23.7 Å². The molecule has 2 aromatic heterocycles. The average Bonchev–Trinajstić information content (AvgIpc) is 3.74. The van der Waals surface area contributed by atoms with E-state index in [0.29, 0.717) is 28.8 Å². The summed E-state index contributed by atoms with van der Waals surface area (Å²) in [6, 6.07) is 0. The second kappa shape index (κ2) is 8.04. The Morgan fingerprint density at radius 2 is 1.82 bits per heavy atom. The molecule has 1 N–H and O–H groups in total. The molecule has 0 radical (unpaired) electrons. The maximum atomic E-state index is 14.4. The number of ketones is 1. The molecule has 0 bridgehead atoms. The largest absolute Gasteiger partial charge is 0.553 e. The van der Waals surface area contributed by atoms with Crippen LogP contribution in [-0.4, -0.2) is 65.9 Å². The van der Waals surface area contributed by atoms with Crippen LogP contribution in [0.25, 0.3) is 18.2 Å². The normalized spacial score (nSPS) is 27.1. The first-order valence-corrected chi connectivity index (χ1v) is 15.6. The Morgan fingerprint density at radius 1 is 1.07 bits per heavy atom. The Kier molecular flexibility index (Phi) is 4.74. The van der Waals surface area contributed by atoms with Gasteiger partial charge in [-0.2, -0.15) is 9.13 Å². The SMILES string of the molecule is CCc1c(C)c2n3c1=CC1=[N+]4C5=C(C6=[N+]7C(=Cc8c(C)c(C=O)c(n8[C@@]347)C=2)[C@@H](C)[C@@H]6CCC(=O)O)C(C(=O)OC)C(=O)C5=C1C. The number of hydrogen-bond acceptors (Lipinski definition) is 5. The Balaban J connectivity index is 1.55. The number of ether oxygens (including phenoxy) is 1. The molecule has 10 heteroatoms. The van der Waals surface area contributed by atoms with E-state index in [9.17, 15) is 24.3 Å². The fourth-order valence-electron chi connectivity index (χ4n) is 9.65. The van der Waals surface area contributed by atoms with Crippen LogP contribution < -0.4 is 10.7 Å². The number of carboxylic acid groups (broad SMARTS) is 1. The van der Waals surface area contributed by atoms with Crippen LogP contribution in [0, 0.1) is 31.6 Å². The summed E-state index contributed by atoms with van der Waals surface area (Å²) in [7, 11) is 1.30. The van der Waals surface area contributed by atoms with Crippen molar-refractivity contribution in [1.82, 2.24) is 9.13 Å². The molecule has 0 saturated heterocycles. The number of nitrogens with zero attached hydrogens (tertiary/aromatic N) is 4. The van der Waals surface area contributed by atoms with Crippen molar-refractivity contribution in [1.29, 1.82) is 0 Å². The minimum Gasteiger partial charge on any atom is -0.481 e. The molecular formula is C35H32N4O6+2. The minimum atomic E-state index is -1.14. The van der Waals surface area contributed by atoms with Crippen molar-refractivity contribution in [3.8, 4) is 0 Å². The molecular weight excluding hydrogens is 572 g/mol. The highest BCUT2D eigenvalue weighted by atomic mass is 16.5. The zero-order valence-corrected chi connectivity index (χ0v) is 25.9. The van der Waals surface area contributed by atoms with Crippen molar-refractivity contribution in [2.24, 2.45) is 17.8 Å². The van der Waals surface area contributed by atoms with Crippen LogP contribution in [-0.2, 0) is 31.5 Å². The maximum absolute atomic E-state index is 14.4. The summed E-state index contributed by atoms with van der Waals surface area (Å²) in [6.07, 6.45) is 8.42. The highest BCUT2D eigenvalue weighted by Gasteiger charge is 2.78. The van der Waals surface area contributed by atoms with Gasteiger partial charge in [0.1, 0.15) is 11.1 Å². The molecule has 9 rings (SSSR count). The van der Waals surface area contributed by atoms with E-state index in [4.69, 9.17) is 4.74 Å². The van der Waals surface area contributed by atoms with E-state index in [2.05, 4.69) is 57.3 Å². The highest BCUT2D eigenvalue weighted by Crippen LogP contribution is 2.57. The number of allylic oxidation sites excluding steroid dienone is 3. The fourth-order valence-corrected chi connectivity index (χ4v) is 9.65. The van der Waals surface area contributed by atoms with Gasteiger partial charge in [0.05, 0.1) is 41.0 Å². The van der Waals surface area contributed by atoms with Crippen LogP contribution in [0.15, 0.2) is 28.1 Å². The predicted octanol–water partition coefficient (Wildman–Crippen LogP) is 1.70. The van der Waals surface area contributed by atoms with E-state index in [1.807, 2.05) is 13.8 Å². The number of Topliss-reactive ketones (excluding diaryl/α,β-unsaturated/α-hetero) is 1. The number of carbonyl (C=O) groups is 4. The number of esters is 1. The van der Waals surface area contributed by atoms with Gasteiger partial charge in [0, 0.05) is 29.7 Å². The number of rotatable bonds is 6. The third-order valence-corrected chi connectivity index (χ3v) is 11.5. The van der Waals surface area contributed by atoms with Gasteiger partial charge in [-0.1, -0.05) is 23.0 Å². The number of fused-ring (bicyclic) bond motifs is 1. The second-order valence-corrected chi connectivity index (χ2v) is 13.1. The Morgan fingerprint density at radius 3 is 2.49 bits per heavy atom. The Hall–Kier alpha value is -4.86. The number of aromatic nitrogens is 2. The van der Waals surface area contributed by atoms with E-state index in [1.54, 1.807) is 0 Å². The predicted molar refractivity (Wildman–Crippen MR) is 162 cm³/mol. The number of hydrogen-bond donors (Lipinski definition) is 1. The van der Waals surface area contributed by atoms with Crippen LogP contribution in [0.5, 0.6) is 0 Å². The summed E-state index contributed by atoms with van der Waals surface area (Å²) in [5.74, 6) is -4.46. The number of aldehydes is 1. The first-order valence-electron chi connectivity index (χ1n) is 15.6. The van der Waals surface area contributed by atoms with Crippen LogP contribution in [0.4, 0.5) is 0 Å². The van der Waals surface area contributed by atoms with E-state index in [0.717, 1.165) is 68.6 Å². The Labute approximate surface area is 257 Å². The third-order valence-electron chi connectivity index (χ3n) is 11.5. The molecule has 1 spiro atoms. The number of carbonyl (C=O) groups excluding carboxylic acids is 3. The van der Waals surface area contributed by atoms with Gasteiger partial charge in [0.2, 0.25) is 17.1 Å². The summed E-state index contributed by atoms with van der Waals surface area (Å²) in [4.78, 5) is 52.7. The van der Waals surface area contributed by atoms with E-state index >= 15 is 0 Å². The zero-order valence-electron chi connectivity index (χ0n) is 25.9. The smallest absolute Gasteiger partial charge is 0.481 e. The lowest BCUT2D eigenvalue weighted by atomic mass is 9.81. The lowest BCUT2D eigenvalue weighted by Gasteiger charge is -2.38. The summed E-state index contributed by atoms with van der Waals surface area (Å²) >= 11 is 0.